The molecule has 1 amide bonds. The fraction of sp³-hybridized carbons (Fsp3) is 0.588. The van der Waals surface area contributed by atoms with Gasteiger partial charge in [-0.05, 0) is 31.7 Å². The number of carbonyl (C=O) groups is 1. The molecular weight excluding hydrogens is 310 g/mol. The fourth-order valence-corrected chi connectivity index (χ4v) is 4.29. The monoisotopic (exact) mass is 333 g/mol. The summed E-state index contributed by atoms with van der Waals surface area (Å²) in [5.74, 6) is 0.870. The third-order valence-corrected chi connectivity index (χ3v) is 5.72. The van der Waals surface area contributed by atoms with Crippen LogP contribution in [-0.2, 0) is 13.0 Å². The van der Waals surface area contributed by atoms with Gasteiger partial charge < -0.3 is 4.90 Å². The van der Waals surface area contributed by atoms with Crippen LogP contribution in [0, 0.1) is 6.92 Å². The lowest BCUT2D eigenvalue weighted by atomic mass is 10.1. The zero-order valence-electron chi connectivity index (χ0n) is 14.0. The second-order valence-corrected chi connectivity index (χ2v) is 7.26. The molecule has 0 aromatic carbocycles. The Morgan fingerprint density at radius 2 is 2.17 bits per heavy atom. The van der Waals surface area contributed by atoms with E-state index in [2.05, 4.69) is 11.9 Å². The number of aromatic nitrogens is 2. The van der Waals surface area contributed by atoms with Gasteiger partial charge in [0.2, 0.25) is 0 Å². The molecule has 3 heterocycles. The maximum Gasteiger partial charge on any atom is 0.264 e. The first-order chi connectivity index (χ1) is 11.0. The number of aryl methyl sites for hydroxylation is 2. The van der Waals surface area contributed by atoms with Crippen LogP contribution >= 0.6 is 11.3 Å². The molecule has 0 N–H and O–H groups in total. The number of carbonyl (C=O) groups excluding carboxylic acids is 1. The van der Waals surface area contributed by atoms with Gasteiger partial charge in [-0.3, -0.25) is 14.2 Å². The summed E-state index contributed by atoms with van der Waals surface area (Å²) in [4.78, 5) is 33.2. The minimum atomic E-state index is 0.00122. The van der Waals surface area contributed by atoms with Crippen molar-refractivity contribution in [2.75, 3.05) is 13.6 Å². The zero-order valence-corrected chi connectivity index (χ0v) is 14.8. The van der Waals surface area contributed by atoms with Crippen LogP contribution in [-0.4, -0.2) is 34.0 Å². The molecule has 0 saturated carbocycles. The number of fused-ring (bicyclic) bond motifs is 2. The van der Waals surface area contributed by atoms with Gasteiger partial charge in [-0.1, -0.05) is 13.3 Å². The highest BCUT2D eigenvalue weighted by Gasteiger charge is 2.24. The van der Waals surface area contributed by atoms with Crippen molar-refractivity contribution < 1.29 is 4.79 Å². The standard InChI is InChI=1S/C17H23N3O2S/c1-4-5-9-19(3)17(22)14-11(2)13-15(23-14)18-12-8-6-7-10-20(12)16(13)21/h4-10H2,1-3H3. The van der Waals surface area contributed by atoms with Crippen molar-refractivity contribution in [3.63, 3.8) is 0 Å². The zero-order chi connectivity index (χ0) is 16.6. The first-order valence-electron chi connectivity index (χ1n) is 8.32. The van der Waals surface area contributed by atoms with Gasteiger partial charge in [-0.15, -0.1) is 11.3 Å². The largest absolute Gasteiger partial charge is 0.341 e. The molecule has 0 radical (unpaired) electrons. The highest BCUT2D eigenvalue weighted by Crippen LogP contribution is 2.29. The molecule has 0 unspecified atom stereocenters. The van der Waals surface area contributed by atoms with Gasteiger partial charge in [0.15, 0.2) is 0 Å². The van der Waals surface area contributed by atoms with Crippen LogP contribution in [0.2, 0.25) is 0 Å². The molecule has 3 rings (SSSR count). The summed E-state index contributed by atoms with van der Waals surface area (Å²) in [6, 6.07) is 0. The molecule has 1 aliphatic heterocycles. The van der Waals surface area contributed by atoms with E-state index in [1.807, 2.05) is 14.0 Å². The number of unbranched alkanes of at least 4 members (excludes halogenated alkanes) is 1. The molecule has 124 valence electrons. The molecule has 0 bridgehead atoms. The van der Waals surface area contributed by atoms with E-state index in [4.69, 9.17) is 0 Å². The van der Waals surface area contributed by atoms with Crippen molar-refractivity contribution in [1.29, 1.82) is 0 Å². The third-order valence-electron chi connectivity index (χ3n) is 4.55. The van der Waals surface area contributed by atoms with E-state index in [1.54, 1.807) is 9.47 Å². The summed E-state index contributed by atoms with van der Waals surface area (Å²) < 4.78 is 1.79. The van der Waals surface area contributed by atoms with E-state index in [-0.39, 0.29) is 11.5 Å². The van der Waals surface area contributed by atoms with Crippen LogP contribution < -0.4 is 5.56 Å². The van der Waals surface area contributed by atoms with Crippen molar-refractivity contribution >= 4 is 27.5 Å². The molecule has 2 aromatic heterocycles. The van der Waals surface area contributed by atoms with Gasteiger partial charge in [-0.25, -0.2) is 4.98 Å². The number of rotatable bonds is 4. The Kier molecular flexibility index (Phi) is 4.53. The summed E-state index contributed by atoms with van der Waals surface area (Å²) >= 11 is 1.37. The van der Waals surface area contributed by atoms with E-state index < -0.39 is 0 Å². The molecule has 23 heavy (non-hydrogen) atoms. The normalized spacial score (nSPS) is 14.0. The molecule has 0 saturated heterocycles. The Labute approximate surface area is 139 Å². The average Bonchev–Trinajstić information content (AvgIpc) is 2.89. The highest BCUT2D eigenvalue weighted by molar-refractivity contribution is 7.20. The van der Waals surface area contributed by atoms with Gasteiger partial charge in [-0.2, -0.15) is 0 Å². The van der Waals surface area contributed by atoms with Gasteiger partial charge in [0, 0.05) is 26.6 Å². The fourth-order valence-electron chi connectivity index (χ4n) is 3.11. The quantitative estimate of drug-likeness (QED) is 0.864. The predicted octanol–water partition coefficient (Wildman–Crippen LogP) is 2.97. The minimum Gasteiger partial charge on any atom is -0.341 e. The number of hydrogen-bond donors (Lipinski definition) is 0. The third kappa shape index (κ3) is 2.80. The molecule has 0 fully saturated rings. The molecule has 1 aliphatic rings. The number of thiophene rings is 1. The van der Waals surface area contributed by atoms with Crippen molar-refractivity contribution in [3.8, 4) is 0 Å². The first kappa shape index (κ1) is 16.2. The van der Waals surface area contributed by atoms with Gasteiger partial charge in [0.25, 0.3) is 11.5 Å². The van der Waals surface area contributed by atoms with Crippen molar-refractivity contribution in [1.82, 2.24) is 14.5 Å². The van der Waals surface area contributed by atoms with E-state index in [9.17, 15) is 9.59 Å². The average molecular weight is 333 g/mol. The lowest BCUT2D eigenvalue weighted by Crippen LogP contribution is -2.28. The van der Waals surface area contributed by atoms with Crippen LogP contribution in [0.1, 0.15) is 53.7 Å². The Hall–Kier alpha value is -1.69. The minimum absolute atomic E-state index is 0.00122. The van der Waals surface area contributed by atoms with E-state index >= 15 is 0 Å². The van der Waals surface area contributed by atoms with Gasteiger partial charge in [0.05, 0.1) is 10.3 Å². The summed E-state index contributed by atoms with van der Waals surface area (Å²) in [7, 11) is 1.83. The predicted molar refractivity (Wildman–Crippen MR) is 93.4 cm³/mol. The maximum atomic E-state index is 12.8. The van der Waals surface area contributed by atoms with Crippen LogP contribution in [0.5, 0.6) is 0 Å². The van der Waals surface area contributed by atoms with Gasteiger partial charge >= 0.3 is 0 Å². The molecule has 0 spiro atoms. The Morgan fingerprint density at radius 1 is 1.39 bits per heavy atom. The highest BCUT2D eigenvalue weighted by atomic mass is 32.1. The lowest BCUT2D eigenvalue weighted by Gasteiger charge is -2.16. The number of nitrogens with zero attached hydrogens (tertiary/aromatic N) is 3. The van der Waals surface area contributed by atoms with E-state index in [0.29, 0.717) is 15.1 Å². The molecule has 0 aliphatic carbocycles. The van der Waals surface area contributed by atoms with Crippen LogP contribution in [0.15, 0.2) is 4.79 Å². The molecule has 2 aromatic rings. The number of hydrogen-bond acceptors (Lipinski definition) is 4. The Bertz CT molecular complexity index is 806. The Morgan fingerprint density at radius 3 is 2.91 bits per heavy atom. The molecule has 0 atom stereocenters. The second-order valence-electron chi connectivity index (χ2n) is 6.26. The summed E-state index contributed by atoms with van der Waals surface area (Å²) in [5, 5.41) is 0.632. The first-order valence-corrected chi connectivity index (χ1v) is 9.14. The smallest absolute Gasteiger partial charge is 0.264 e. The SMILES string of the molecule is CCCCN(C)C(=O)c1sc2nc3n(c(=O)c2c1C)CCCC3. The number of amides is 1. The second kappa shape index (κ2) is 6.43. The summed E-state index contributed by atoms with van der Waals surface area (Å²) in [6.07, 6.45) is 4.99. The lowest BCUT2D eigenvalue weighted by molar-refractivity contribution is 0.0797. The summed E-state index contributed by atoms with van der Waals surface area (Å²) in [5.41, 5.74) is 0.811. The van der Waals surface area contributed by atoms with Crippen molar-refractivity contribution in [3.05, 3.63) is 26.6 Å². The van der Waals surface area contributed by atoms with Crippen molar-refractivity contribution in [2.24, 2.45) is 0 Å². The molecule has 6 heteroatoms. The molecular formula is C17H23N3O2S. The maximum absolute atomic E-state index is 12.8. The van der Waals surface area contributed by atoms with Crippen LogP contribution in [0.25, 0.3) is 10.2 Å². The van der Waals surface area contributed by atoms with Crippen LogP contribution in [0.3, 0.4) is 0 Å². The van der Waals surface area contributed by atoms with Crippen LogP contribution in [0.4, 0.5) is 0 Å². The molecule has 5 nitrogen and oxygen atoms in total. The summed E-state index contributed by atoms with van der Waals surface area (Å²) in [6.45, 7) is 5.47. The van der Waals surface area contributed by atoms with E-state index in [1.165, 1.54) is 11.3 Å². The van der Waals surface area contributed by atoms with Gasteiger partial charge in [0.1, 0.15) is 10.7 Å². The van der Waals surface area contributed by atoms with E-state index in [0.717, 1.165) is 56.6 Å². The topological polar surface area (TPSA) is 55.2 Å². The Balaban J connectivity index is 2.07. The van der Waals surface area contributed by atoms with Crippen molar-refractivity contribution in [2.45, 2.75) is 52.5 Å².